The molecule has 0 heterocycles. The number of ether oxygens (including phenoxy) is 2. The highest BCUT2D eigenvalue weighted by molar-refractivity contribution is 6.42. The maximum Gasteiger partial charge on any atom is 0.240 e. The number of nitrogens with one attached hydrogen (secondary N) is 1. The fourth-order valence-electron chi connectivity index (χ4n) is 3.07. The molecular formula is C26H26Cl2N2O4. The molecule has 2 N–H and O–H groups in total. The number of rotatable bonds is 11. The Hall–Kier alpha value is -3.06. The Morgan fingerprint density at radius 2 is 1.68 bits per heavy atom. The lowest BCUT2D eigenvalue weighted by Crippen LogP contribution is -2.18. The van der Waals surface area contributed by atoms with Crippen molar-refractivity contribution in [1.29, 1.82) is 0 Å². The molecule has 0 aliphatic rings. The highest BCUT2D eigenvalue weighted by atomic mass is 35.5. The molecule has 8 heteroatoms. The Morgan fingerprint density at radius 3 is 2.35 bits per heavy atom. The number of halogens is 2. The summed E-state index contributed by atoms with van der Waals surface area (Å²) in [6.45, 7) is 2.86. The molecule has 0 fully saturated rings. The second-order valence-electron chi connectivity index (χ2n) is 7.46. The highest BCUT2D eigenvalue weighted by Gasteiger charge is 2.10. The van der Waals surface area contributed by atoms with Crippen molar-refractivity contribution in [3.05, 3.63) is 93.5 Å². The third kappa shape index (κ3) is 8.06. The van der Waals surface area contributed by atoms with Crippen LogP contribution >= 0.6 is 23.2 Å². The van der Waals surface area contributed by atoms with Crippen molar-refractivity contribution in [2.24, 2.45) is 5.10 Å². The van der Waals surface area contributed by atoms with Gasteiger partial charge in [-0.2, -0.15) is 5.10 Å². The van der Waals surface area contributed by atoms with Crippen molar-refractivity contribution in [3.8, 4) is 11.5 Å². The van der Waals surface area contributed by atoms with Crippen molar-refractivity contribution < 1.29 is 19.4 Å². The number of nitrogens with zero attached hydrogens (tertiary/aromatic N) is 1. The van der Waals surface area contributed by atoms with E-state index in [2.05, 4.69) is 10.5 Å². The fourth-order valence-corrected chi connectivity index (χ4v) is 3.39. The van der Waals surface area contributed by atoms with Crippen LogP contribution in [0.5, 0.6) is 11.5 Å². The van der Waals surface area contributed by atoms with Crippen LogP contribution in [-0.2, 0) is 11.4 Å². The molecule has 178 valence electrons. The first-order chi connectivity index (χ1) is 16.4. The number of benzene rings is 3. The summed E-state index contributed by atoms with van der Waals surface area (Å²) in [6.07, 6.45) is 1.25. The molecule has 0 saturated carbocycles. The van der Waals surface area contributed by atoms with Crippen LogP contribution in [-0.4, -0.2) is 23.8 Å². The number of hydrazone groups is 1. The number of carbonyl (C=O) groups is 1. The third-order valence-corrected chi connectivity index (χ3v) is 5.63. The molecule has 0 aliphatic carbocycles. The van der Waals surface area contributed by atoms with Gasteiger partial charge in [0.2, 0.25) is 5.91 Å². The molecule has 0 saturated heterocycles. The van der Waals surface area contributed by atoms with Crippen LogP contribution in [0.1, 0.15) is 42.6 Å². The van der Waals surface area contributed by atoms with Gasteiger partial charge in [-0.3, -0.25) is 4.79 Å². The van der Waals surface area contributed by atoms with Crippen molar-refractivity contribution >= 4 is 35.3 Å². The molecule has 0 unspecified atom stereocenters. The van der Waals surface area contributed by atoms with Gasteiger partial charge >= 0.3 is 0 Å². The van der Waals surface area contributed by atoms with Crippen LogP contribution in [0.2, 0.25) is 10.0 Å². The van der Waals surface area contributed by atoms with Crippen LogP contribution in [0.15, 0.2) is 71.8 Å². The summed E-state index contributed by atoms with van der Waals surface area (Å²) in [7, 11) is 0. The largest absolute Gasteiger partial charge is 0.494 e. The molecular weight excluding hydrogens is 475 g/mol. The molecule has 1 atom stereocenters. The Bertz CT molecular complexity index is 1100. The minimum Gasteiger partial charge on any atom is -0.494 e. The average molecular weight is 501 g/mol. The molecule has 3 aromatic carbocycles. The van der Waals surface area contributed by atoms with E-state index < -0.39 is 6.10 Å². The minimum atomic E-state index is -0.734. The van der Waals surface area contributed by atoms with Crippen molar-refractivity contribution in [2.45, 2.75) is 32.5 Å². The van der Waals surface area contributed by atoms with Gasteiger partial charge in [0.1, 0.15) is 18.1 Å². The number of aliphatic hydroxyl groups is 1. The van der Waals surface area contributed by atoms with Gasteiger partial charge in [-0.25, -0.2) is 5.43 Å². The standard InChI is InChI=1S/C26H26Cl2N2O4/c1-2-33-21-10-6-20(7-11-21)25(31)13-14-26(32)30-29-16-18-3-8-22(9-4-18)34-17-19-5-12-23(27)24(28)15-19/h3-12,15-16,25,31H,2,13-14,17H2,1H3,(H,30,32)/b29-16-/t25-/m1/s1. The van der Waals surface area contributed by atoms with Crippen molar-refractivity contribution in [3.63, 3.8) is 0 Å². The minimum absolute atomic E-state index is 0.146. The van der Waals surface area contributed by atoms with E-state index >= 15 is 0 Å². The molecule has 3 aromatic rings. The lowest BCUT2D eigenvalue weighted by atomic mass is 10.0. The SMILES string of the molecule is CCOc1ccc([C@H](O)CCC(=O)N/N=C\c2ccc(OCc3ccc(Cl)c(Cl)c3)cc2)cc1. The maximum atomic E-state index is 12.0. The molecule has 0 radical (unpaired) electrons. The van der Waals surface area contributed by atoms with Crippen LogP contribution in [0, 0.1) is 0 Å². The van der Waals surface area contributed by atoms with E-state index in [1.807, 2.05) is 37.3 Å². The number of carbonyl (C=O) groups excluding carboxylic acids is 1. The first-order valence-corrected chi connectivity index (χ1v) is 11.6. The number of aliphatic hydroxyl groups excluding tert-OH is 1. The van der Waals surface area contributed by atoms with Crippen LogP contribution in [0.25, 0.3) is 0 Å². The van der Waals surface area contributed by atoms with Gasteiger partial charge in [-0.1, -0.05) is 41.4 Å². The summed E-state index contributed by atoms with van der Waals surface area (Å²) in [4.78, 5) is 12.0. The van der Waals surface area contributed by atoms with Gasteiger partial charge in [-0.15, -0.1) is 0 Å². The maximum absolute atomic E-state index is 12.0. The summed E-state index contributed by atoms with van der Waals surface area (Å²) in [5.74, 6) is 1.16. The molecule has 0 bridgehead atoms. The van der Waals surface area contributed by atoms with E-state index in [9.17, 15) is 9.90 Å². The molecule has 0 aliphatic heterocycles. The summed E-state index contributed by atoms with van der Waals surface area (Å²) >= 11 is 11.9. The van der Waals surface area contributed by atoms with Crippen LogP contribution in [0.4, 0.5) is 0 Å². The average Bonchev–Trinajstić information content (AvgIpc) is 2.85. The zero-order valence-electron chi connectivity index (χ0n) is 18.7. The van der Waals surface area contributed by atoms with E-state index in [0.29, 0.717) is 35.4 Å². The summed E-state index contributed by atoms with van der Waals surface area (Å²) < 4.78 is 11.1. The first-order valence-electron chi connectivity index (χ1n) is 10.8. The predicted octanol–water partition coefficient (Wildman–Crippen LogP) is 5.94. The van der Waals surface area contributed by atoms with E-state index in [1.165, 1.54) is 0 Å². The fraction of sp³-hybridized carbons (Fsp3) is 0.231. The summed E-state index contributed by atoms with van der Waals surface area (Å²) in [6, 6.07) is 19.8. The normalized spacial score (nSPS) is 11.9. The molecule has 0 aromatic heterocycles. The summed E-state index contributed by atoms with van der Waals surface area (Å²) in [5, 5.41) is 15.2. The van der Waals surface area contributed by atoms with Gasteiger partial charge in [0, 0.05) is 6.42 Å². The zero-order valence-corrected chi connectivity index (χ0v) is 20.2. The lowest BCUT2D eigenvalue weighted by molar-refractivity contribution is -0.121. The van der Waals surface area contributed by atoms with Crippen molar-refractivity contribution in [1.82, 2.24) is 5.43 Å². The molecule has 0 spiro atoms. The van der Waals surface area contributed by atoms with Gasteiger partial charge in [-0.05, 0) is 78.6 Å². The second kappa shape index (κ2) is 13.0. The lowest BCUT2D eigenvalue weighted by Gasteiger charge is -2.11. The molecule has 1 amide bonds. The molecule has 34 heavy (non-hydrogen) atoms. The summed E-state index contributed by atoms with van der Waals surface area (Å²) in [5.41, 5.74) is 4.93. The number of hydrogen-bond donors (Lipinski definition) is 2. The van der Waals surface area contributed by atoms with Gasteiger partial charge in [0.25, 0.3) is 0 Å². The Labute approximate surface area is 209 Å². The molecule has 6 nitrogen and oxygen atoms in total. The van der Waals surface area contributed by atoms with E-state index in [4.69, 9.17) is 32.7 Å². The van der Waals surface area contributed by atoms with Crippen molar-refractivity contribution in [2.75, 3.05) is 6.61 Å². The Morgan fingerprint density at radius 1 is 1.00 bits per heavy atom. The number of amides is 1. The topological polar surface area (TPSA) is 80.2 Å². The Balaban J connectivity index is 1.40. The van der Waals surface area contributed by atoms with Gasteiger partial charge in [0.15, 0.2) is 0 Å². The zero-order chi connectivity index (χ0) is 24.3. The highest BCUT2D eigenvalue weighted by Crippen LogP contribution is 2.24. The predicted molar refractivity (Wildman–Crippen MR) is 135 cm³/mol. The smallest absolute Gasteiger partial charge is 0.240 e. The van der Waals surface area contributed by atoms with Crippen LogP contribution < -0.4 is 14.9 Å². The number of hydrogen-bond acceptors (Lipinski definition) is 5. The Kier molecular flexibility index (Phi) is 9.76. The third-order valence-electron chi connectivity index (χ3n) is 4.89. The molecule has 3 rings (SSSR count). The van der Waals surface area contributed by atoms with Gasteiger partial charge in [0.05, 0.1) is 29.0 Å². The van der Waals surface area contributed by atoms with Gasteiger partial charge < -0.3 is 14.6 Å². The quantitative estimate of drug-likeness (QED) is 0.252. The van der Waals surface area contributed by atoms with E-state index in [0.717, 1.165) is 22.4 Å². The monoisotopic (exact) mass is 500 g/mol. The van der Waals surface area contributed by atoms with E-state index in [1.54, 1.807) is 42.6 Å². The van der Waals surface area contributed by atoms with Crippen LogP contribution in [0.3, 0.4) is 0 Å². The second-order valence-corrected chi connectivity index (χ2v) is 8.27. The van der Waals surface area contributed by atoms with E-state index in [-0.39, 0.29) is 12.3 Å². The first kappa shape index (κ1) is 25.6.